The van der Waals surface area contributed by atoms with Gasteiger partial charge in [0.25, 0.3) is 11.6 Å². The summed E-state index contributed by atoms with van der Waals surface area (Å²) in [6, 6.07) is 10.3. The minimum absolute atomic E-state index is 0.0285. The smallest absolute Gasteiger partial charge is 0.292 e. The lowest BCUT2D eigenvalue weighted by molar-refractivity contribution is -0.384. The zero-order chi connectivity index (χ0) is 20.3. The van der Waals surface area contributed by atoms with Gasteiger partial charge in [-0.2, -0.15) is 0 Å². The number of piperazine rings is 1. The fraction of sp³-hybridized carbons (Fsp3) is 0.263. The predicted octanol–water partition coefficient (Wildman–Crippen LogP) is 2.65. The van der Waals surface area contributed by atoms with Gasteiger partial charge in [-0.15, -0.1) is 0 Å². The summed E-state index contributed by atoms with van der Waals surface area (Å²) in [6.07, 6.45) is 0. The summed E-state index contributed by atoms with van der Waals surface area (Å²) in [7, 11) is 0. The van der Waals surface area contributed by atoms with Gasteiger partial charge in [0.05, 0.1) is 10.6 Å². The van der Waals surface area contributed by atoms with Crippen molar-refractivity contribution in [3.8, 4) is 0 Å². The summed E-state index contributed by atoms with van der Waals surface area (Å²) in [5, 5.41) is 13.6. The van der Waals surface area contributed by atoms with Crippen molar-refractivity contribution in [2.45, 2.75) is 6.92 Å². The monoisotopic (exact) mass is 386 g/mol. The van der Waals surface area contributed by atoms with E-state index in [1.54, 1.807) is 23.1 Å². The molecule has 0 aromatic heterocycles. The third kappa shape index (κ3) is 4.08. The van der Waals surface area contributed by atoms with Gasteiger partial charge in [0.15, 0.2) is 0 Å². The van der Waals surface area contributed by atoms with Gasteiger partial charge in [-0.3, -0.25) is 19.7 Å². The molecule has 1 N–H and O–H groups in total. The molecule has 28 heavy (non-hydrogen) atoms. The van der Waals surface area contributed by atoms with Crippen LogP contribution in [0, 0.1) is 15.9 Å². The molecule has 9 heteroatoms. The third-order valence-electron chi connectivity index (χ3n) is 4.51. The van der Waals surface area contributed by atoms with E-state index in [2.05, 4.69) is 5.32 Å². The van der Waals surface area contributed by atoms with Crippen molar-refractivity contribution in [2.24, 2.45) is 0 Å². The van der Waals surface area contributed by atoms with Gasteiger partial charge in [-0.25, -0.2) is 4.39 Å². The van der Waals surface area contributed by atoms with Crippen LogP contribution in [0.2, 0.25) is 0 Å². The molecular formula is C19H19FN4O4. The summed E-state index contributed by atoms with van der Waals surface area (Å²) in [5.41, 5.74) is 0.774. The molecule has 1 fully saturated rings. The number of rotatable bonds is 4. The molecule has 0 spiro atoms. The SMILES string of the molecule is CC(=O)Nc1cc(C(=O)N2CCN(c3ccccc3[N+](=O)[O-])CC2)ccc1F. The van der Waals surface area contributed by atoms with Crippen LogP contribution >= 0.6 is 0 Å². The summed E-state index contributed by atoms with van der Waals surface area (Å²) in [5.74, 6) is -1.33. The Kier molecular flexibility index (Phi) is 5.53. The molecule has 8 nitrogen and oxygen atoms in total. The van der Waals surface area contributed by atoms with E-state index in [1.165, 1.54) is 25.1 Å². The van der Waals surface area contributed by atoms with Crippen LogP contribution in [0.15, 0.2) is 42.5 Å². The zero-order valence-corrected chi connectivity index (χ0v) is 15.2. The van der Waals surface area contributed by atoms with Gasteiger partial charge < -0.3 is 15.1 Å². The minimum Gasteiger partial charge on any atom is -0.362 e. The molecule has 1 aliphatic rings. The average Bonchev–Trinajstić information content (AvgIpc) is 2.69. The molecule has 1 saturated heterocycles. The Bertz CT molecular complexity index is 926. The number of nitrogens with zero attached hydrogens (tertiary/aromatic N) is 3. The Labute approximate surface area is 160 Å². The van der Waals surface area contributed by atoms with E-state index in [4.69, 9.17) is 0 Å². The standard InChI is InChI=1S/C19H19FN4O4/c1-13(25)21-16-12-14(6-7-15(16)20)19(26)23-10-8-22(9-11-23)17-4-2-3-5-18(17)24(27)28/h2-7,12H,8-11H2,1H3,(H,21,25). The van der Waals surface area contributed by atoms with Gasteiger partial charge in [0.2, 0.25) is 5.91 Å². The Hall–Kier alpha value is -3.49. The number of nitrogens with one attached hydrogen (secondary N) is 1. The molecule has 0 saturated carbocycles. The number of anilines is 2. The number of amides is 2. The molecule has 2 aromatic rings. The molecule has 1 heterocycles. The fourth-order valence-corrected chi connectivity index (χ4v) is 3.16. The number of para-hydroxylation sites is 2. The summed E-state index contributed by atoms with van der Waals surface area (Å²) < 4.78 is 13.8. The summed E-state index contributed by atoms with van der Waals surface area (Å²) >= 11 is 0. The number of hydrogen-bond donors (Lipinski definition) is 1. The Morgan fingerprint density at radius 3 is 2.43 bits per heavy atom. The van der Waals surface area contributed by atoms with Crippen molar-refractivity contribution in [3.63, 3.8) is 0 Å². The summed E-state index contributed by atoms with van der Waals surface area (Å²) in [6.45, 7) is 2.89. The highest BCUT2D eigenvalue weighted by molar-refractivity contribution is 5.97. The first-order valence-electron chi connectivity index (χ1n) is 8.71. The number of hydrogen-bond acceptors (Lipinski definition) is 5. The molecular weight excluding hydrogens is 367 g/mol. The number of halogens is 1. The maximum absolute atomic E-state index is 13.8. The van der Waals surface area contributed by atoms with Gasteiger partial charge >= 0.3 is 0 Å². The van der Waals surface area contributed by atoms with Crippen molar-refractivity contribution < 1.29 is 18.9 Å². The van der Waals surface area contributed by atoms with Crippen molar-refractivity contribution in [1.82, 2.24) is 4.90 Å². The highest BCUT2D eigenvalue weighted by Crippen LogP contribution is 2.28. The molecule has 2 amide bonds. The Morgan fingerprint density at radius 2 is 1.79 bits per heavy atom. The van der Waals surface area contributed by atoms with Gasteiger partial charge in [0.1, 0.15) is 11.5 Å². The zero-order valence-electron chi connectivity index (χ0n) is 15.2. The second-order valence-electron chi connectivity index (χ2n) is 6.40. The van der Waals surface area contributed by atoms with Crippen molar-refractivity contribution in [2.75, 3.05) is 36.4 Å². The van der Waals surface area contributed by atoms with Crippen LogP contribution in [0.25, 0.3) is 0 Å². The molecule has 1 aliphatic heterocycles. The molecule has 0 atom stereocenters. The highest BCUT2D eigenvalue weighted by Gasteiger charge is 2.26. The number of benzene rings is 2. The van der Waals surface area contributed by atoms with Crippen LogP contribution in [0.1, 0.15) is 17.3 Å². The lowest BCUT2D eigenvalue weighted by Crippen LogP contribution is -2.49. The van der Waals surface area contributed by atoms with Crippen molar-refractivity contribution >= 4 is 28.9 Å². The third-order valence-corrected chi connectivity index (χ3v) is 4.51. The lowest BCUT2D eigenvalue weighted by Gasteiger charge is -2.35. The predicted molar refractivity (Wildman–Crippen MR) is 102 cm³/mol. The molecule has 0 radical (unpaired) electrons. The fourth-order valence-electron chi connectivity index (χ4n) is 3.16. The molecule has 0 unspecified atom stereocenters. The first kappa shape index (κ1) is 19.3. The molecule has 3 rings (SSSR count). The van der Waals surface area contributed by atoms with Gasteiger partial charge in [-0.05, 0) is 24.3 Å². The molecule has 0 bridgehead atoms. The number of nitro groups is 1. The Morgan fingerprint density at radius 1 is 1.11 bits per heavy atom. The maximum Gasteiger partial charge on any atom is 0.292 e. The van der Waals surface area contributed by atoms with E-state index in [0.29, 0.717) is 31.9 Å². The summed E-state index contributed by atoms with van der Waals surface area (Å²) in [4.78, 5) is 38.2. The maximum atomic E-state index is 13.8. The van der Waals surface area contributed by atoms with Crippen molar-refractivity contribution in [3.05, 3.63) is 64.0 Å². The average molecular weight is 386 g/mol. The van der Waals surface area contributed by atoms with Crippen LogP contribution in [0.3, 0.4) is 0 Å². The van der Waals surface area contributed by atoms with E-state index >= 15 is 0 Å². The number of nitro benzene ring substituents is 1. The van der Waals surface area contributed by atoms with Crippen LogP contribution in [-0.4, -0.2) is 47.8 Å². The lowest BCUT2D eigenvalue weighted by atomic mass is 10.1. The van der Waals surface area contributed by atoms with Crippen LogP contribution < -0.4 is 10.2 Å². The Balaban J connectivity index is 1.71. The topological polar surface area (TPSA) is 95.8 Å². The van der Waals surface area contributed by atoms with Crippen LogP contribution in [0.5, 0.6) is 0 Å². The van der Waals surface area contributed by atoms with E-state index in [-0.39, 0.29) is 22.8 Å². The quantitative estimate of drug-likeness (QED) is 0.644. The van der Waals surface area contributed by atoms with E-state index in [9.17, 15) is 24.1 Å². The van der Waals surface area contributed by atoms with Gasteiger partial charge in [0, 0.05) is 44.7 Å². The molecule has 2 aromatic carbocycles. The minimum atomic E-state index is -0.618. The van der Waals surface area contributed by atoms with E-state index in [0.717, 1.165) is 6.07 Å². The largest absolute Gasteiger partial charge is 0.362 e. The normalized spacial score (nSPS) is 13.9. The van der Waals surface area contributed by atoms with E-state index in [1.807, 2.05) is 4.90 Å². The van der Waals surface area contributed by atoms with Crippen LogP contribution in [-0.2, 0) is 4.79 Å². The first-order valence-corrected chi connectivity index (χ1v) is 8.71. The number of carbonyl (C=O) groups is 2. The highest BCUT2D eigenvalue weighted by atomic mass is 19.1. The first-order chi connectivity index (χ1) is 13.4. The number of carbonyl (C=O) groups excluding carboxylic acids is 2. The molecule has 146 valence electrons. The van der Waals surface area contributed by atoms with Crippen LogP contribution in [0.4, 0.5) is 21.5 Å². The van der Waals surface area contributed by atoms with Crippen molar-refractivity contribution in [1.29, 1.82) is 0 Å². The van der Waals surface area contributed by atoms with Gasteiger partial charge in [-0.1, -0.05) is 12.1 Å². The second kappa shape index (κ2) is 8.03. The molecule has 0 aliphatic carbocycles. The van der Waals surface area contributed by atoms with E-state index < -0.39 is 16.6 Å². The second-order valence-corrected chi connectivity index (χ2v) is 6.40.